The number of benzene rings is 2. The summed E-state index contributed by atoms with van der Waals surface area (Å²) < 4.78 is 0. The van der Waals surface area contributed by atoms with Gasteiger partial charge in [-0.05, 0) is 29.7 Å². The number of carbonyl (C=O) groups excluding carboxylic acids is 1. The molecule has 0 heterocycles. The zero-order valence-corrected chi connectivity index (χ0v) is 16.1. The van der Waals surface area contributed by atoms with E-state index in [2.05, 4.69) is 27.3 Å². The van der Waals surface area contributed by atoms with Gasteiger partial charge in [0.25, 0.3) is 5.91 Å². The Morgan fingerprint density at radius 3 is 2.35 bits per heavy atom. The number of rotatable bonds is 6. The van der Waals surface area contributed by atoms with Crippen LogP contribution in [0.2, 0.25) is 0 Å². The van der Waals surface area contributed by atoms with E-state index in [1.807, 2.05) is 49.5 Å². The van der Waals surface area contributed by atoms with Crippen LogP contribution in [0.3, 0.4) is 0 Å². The third kappa shape index (κ3) is 5.62. The third-order valence-electron chi connectivity index (χ3n) is 4.11. The van der Waals surface area contributed by atoms with Crippen LogP contribution < -0.4 is 5.32 Å². The second kappa shape index (κ2) is 9.61. The predicted molar refractivity (Wildman–Crippen MR) is 107 cm³/mol. The number of carbonyl (C=O) groups is 1. The molecule has 138 valence electrons. The van der Waals surface area contributed by atoms with Gasteiger partial charge in [-0.2, -0.15) is 0 Å². The fraction of sp³-hybridized carbons (Fsp3) is 0.333. The maximum absolute atomic E-state index is 12.1. The Morgan fingerprint density at radius 2 is 1.69 bits per heavy atom. The van der Waals surface area contributed by atoms with Crippen LogP contribution >= 0.6 is 0 Å². The van der Waals surface area contributed by atoms with E-state index in [9.17, 15) is 4.79 Å². The maximum atomic E-state index is 12.1. The van der Waals surface area contributed by atoms with Gasteiger partial charge in [0.05, 0.1) is 0 Å². The third-order valence-corrected chi connectivity index (χ3v) is 4.11. The summed E-state index contributed by atoms with van der Waals surface area (Å²) in [5.74, 6) is 0.882. The van der Waals surface area contributed by atoms with Crippen LogP contribution in [-0.4, -0.2) is 56.4 Å². The maximum Gasteiger partial charge on any atom is 0.253 e. The number of hydrogen-bond donors (Lipinski definition) is 1. The number of guanidine groups is 1. The first-order chi connectivity index (χ1) is 12.5. The number of hydrogen-bond acceptors (Lipinski definition) is 2. The van der Waals surface area contributed by atoms with Gasteiger partial charge in [0.1, 0.15) is 0 Å². The van der Waals surface area contributed by atoms with Crippen molar-refractivity contribution in [1.82, 2.24) is 15.1 Å². The molecule has 1 amide bonds. The van der Waals surface area contributed by atoms with Crippen molar-refractivity contribution >= 4 is 11.9 Å². The molecular formula is C21H28N4O. The highest BCUT2D eigenvalue weighted by Crippen LogP contribution is 2.08. The molecule has 0 unspecified atom stereocenters. The fourth-order valence-electron chi connectivity index (χ4n) is 2.75. The monoisotopic (exact) mass is 352 g/mol. The van der Waals surface area contributed by atoms with Crippen LogP contribution in [0, 0.1) is 0 Å². The van der Waals surface area contributed by atoms with E-state index in [-0.39, 0.29) is 5.91 Å². The molecule has 0 saturated heterocycles. The van der Waals surface area contributed by atoms with E-state index in [4.69, 9.17) is 0 Å². The van der Waals surface area contributed by atoms with Crippen molar-refractivity contribution in [3.63, 3.8) is 0 Å². The Labute approximate surface area is 156 Å². The van der Waals surface area contributed by atoms with Crippen molar-refractivity contribution < 1.29 is 4.79 Å². The lowest BCUT2D eigenvalue weighted by Crippen LogP contribution is -2.39. The lowest BCUT2D eigenvalue weighted by molar-refractivity contribution is 0.0827. The molecule has 0 spiro atoms. The normalized spacial score (nSPS) is 11.2. The molecule has 1 N–H and O–H groups in total. The van der Waals surface area contributed by atoms with Gasteiger partial charge in [0.2, 0.25) is 0 Å². The van der Waals surface area contributed by atoms with Gasteiger partial charge in [-0.25, -0.2) is 0 Å². The van der Waals surface area contributed by atoms with E-state index in [1.54, 1.807) is 26.0 Å². The van der Waals surface area contributed by atoms with Crippen LogP contribution in [0.15, 0.2) is 59.6 Å². The Kier molecular flexibility index (Phi) is 7.21. The van der Waals surface area contributed by atoms with Crippen molar-refractivity contribution in [2.45, 2.75) is 13.0 Å². The van der Waals surface area contributed by atoms with E-state index in [1.165, 1.54) is 5.56 Å². The molecule has 5 heteroatoms. The summed E-state index contributed by atoms with van der Waals surface area (Å²) in [6.45, 7) is 1.55. The van der Waals surface area contributed by atoms with Gasteiger partial charge < -0.3 is 15.1 Å². The Hall–Kier alpha value is -2.82. The Balaban J connectivity index is 1.89. The van der Waals surface area contributed by atoms with E-state index in [0.29, 0.717) is 0 Å². The molecule has 0 aliphatic heterocycles. The summed E-state index contributed by atoms with van der Waals surface area (Å²) in [6, 6.07) is 18.1. The molecule has 0 radical (unpaired) electrons. The molecular weight excluding hydrogens is 324 g/mol. The second-order valence-electron chi connectivity index (χ2n) is 6.47. The standard InChI is InChI=1S/C21H28N4O/c1-22-21(25(4)16-18-9-6-5-7-10-18)23-14-13-17-11-8-12-19(15-17)20(26)24(2)3/h5-12,15H,13-14,16H2,1-4H3,(H,22,23). The van der Waals surface area contributed by atoms with E-state index >= 15 is 0 Å². The van der Waals surface area contributed by atoms with Gasteiger partial charge in [0.15, 0.2) is 5.96 Å². The van der Waals surface area contributed by atoms with Crippen LogP contribution in [0.4, 0.5) is 0 Å². The summed E-state index contributed by atoms with van der Waals surface area (Å²) in [5.41, 5.74) is 3.09. The predicted octanol–water partition coefficient (Wildman–Crippen LogP) is 2.64. The molecule has 0 aliphatic carbocycles. The molecule has 0 aliphatic rings. The minimum absolute atomic E-state index is 0.0261. The number of nitrogens with zero attached hydrogens (tertiary/aromatic N) is 3. The zero-order valence-electron chi connectivity index (χ0n) is 16.1. The highest BCUT2D eigenvalue weighted by Gasteiger charge is 2.09. The molecule has 2 rings (SSSR count). The van der Waals surface area contributed by atoms with Crippen molar-refractivity contribution in [2.75, 3.05) is 34.7 Å². The number of nitrogens with one attached hydrogen (secondary N) is 1. The Bertz CT molecular complexity index is 741. The highest BCUT2D eigenvalue weighted by molar-refractivity contribution is 5.94. The molecule has 0 fully saturated rings. The first-order valence-corrected chi connectivity index (χ1v) is 8.77. The lowest BCUT2D eigenvalue weighted by atomic mass is 10.1. The molecule has 0 atom stereocenters. The average Bonchev–Trinajstić information content (AvgIpc) is 2.65. The first kappa shape index (κ1) is 19.5. The summed E-state index contributed by atoms with van der Waals surface area (Å²) in [4.78, 5) is 20.1. The minimum atomic E-state index is 0.0261. The van der Waals surface area contributed by atoms with Crippen LogP contribution in [-0.2, 0) is 13.0 Å². The van der Waals surface area contributed by atoms with Gasteiger partial charge in [0, 0.05) is 46.8 Å². The summed E-state index contributed by atoms with van der Waals surface area (Å²) >= 11 is 0. The molecule has 0 saturated carbocycles. The average molecular weight is 352 g/mol. The summed E-state index contributed by atoms with van der Waals surface area (Å²) in [6.07, 6.45) is 0.826. The van der Waals surface area contributed by atoms with Gasteiger partial charge in [-0.1, -0.05) is 42.5 Å². The van der Waals surface area contributed by atoms with Crippen molar-refractivity contribution in [3.05, 3.63) is 71.3 Å². The Morgan fingerprint density at radius 1 is 1.00 bits per heavy atom. The molecule has 0 aromatic heterocycles. The van der Waals surface area contributed by atoms with Gasteiger partial charge in [-0.15, -0.1) is 0 Å². The number of amides is 1. The molecule has 5 nitrogen and oxygen atoms in total. The van der Waals surface area contributed by atoms with Crippen molar-refractivity contribution in [3.8, 4) is 0 Å². The fourth-order valence-corrected chi connectivity index (χ4v) is 2.75. The van der Waals surface area contributed by atoms with Crippen LogP contribution in [0.1, 0.15) is 21.5 Å². The summed E-state index contributed by atoms with van der Waals surface area (Å²) in [5, 5.41) is 3.39. The first-order valence-electron chi connectivity index (χ1n) is 8.77. The SMILES string of the molecule is CN=C(NCCc1cccc(C(=O)N(C)C)c1)N(C)Cc1ccccc1. The largest absolute Gasteiger partial charge is 0.356 e. The van der Waals surface area contributed by atoms with Crippen LogP contribution in [0.5, 0.6) is 0 Å². The quantitative estimate of drug-likeness (QED) is 0.642. The van der Waals surface area contributed by atoms with E-state index < -0.39 is 0 Å². The highest BCUT2D eigenvalue weighted by atomic mass is 16.2. The van der Waals surface area contributed by atoms with Crippen LogP contribution in [0.25, 0.3) is 0 Å². The van der Waals surface area contributed by atoms with Gasteiger partial charge in [-0.3, -0.25) is 9.79 Å². The zero-order chi connectivity index (χ0) is 18.9. The molecule has 2 aromatic carbocycles. The second-order valence-corrected chi connectivity index (χ2v) is 6.47. The van der Waals surface area contributed by atoms with E-state index in [0.717, 1.165) is 36.6 Å². The number of aliphatic imine (C=N–C) groups is 1. The molecule has 26 heavy (non-hydrogen) atoms. The van der Waals surface area contributed by atoms with Gasteiger partial charge >= 0.3 is 0 Å². The molecule has 0 bridgehead atoms. The summed E-state index contributed by atoms with van der Waals surface area (Å²) in [7, 11) is 7.35. The van der Waals surface area contributed by atoms with Crippen molar-refractivity contribution in [1.29, 1.82) is 0 Å². The van der Waals surface area contributed by atoms with Crippen molar-refractivity contribution in [2.24, 2.45) is 4.99 Å². The minimum Gasteiger partial charge on any atom is -0.356 e. The molecule has 2 aromatic rings. The topological polar surface area (TPSA) is 47.9 Å². The lowest BCUT2D eigenvalue weighted by Gasteiger charge is -2.22. The smallest absolute Gasteiger partial charge is 0.253 e.